The molecule has 5 nitrogen and oxygen atoms in total. The lowest BCUT2D eigenvalue weighted by Gasteiger charge is -2.36. The smallest absolute Gasteiger partial charge is 0.330 e. The highest BCUT2D eigenvalue weighted by Crippen LogP contribution is 2.32. The summed E-state index contributed by atoms with van der Waals surface area (Å²) in [6, 6.07) is 0. The average molecular weight is 389 g/mol. The Hall–Kier alpha value is -0.259. The van der Waals surface area contributed by atoms with Crippen molar-refractivity contribution in [3.63, 3.8) is 0 Å². The first kappa shape index (κ1) is 21.8. The normalized spacial score (nSPS) is 25.6. The van der Waals surface area contributed by atoms with Gasteiger partial charge in [-0.2, -0.15) is 0 Å². The maximum absolute atomic E-state index is 11.3. The highest BCUT2D eigenvalue weighted by atomic mass is 28.4. The van der Waals surface area contributed by atoms with E-state index in [9.17, 15) is 9.90 Å². The quantitative estimate of drug-likeness (QED) is 0.299. The largest absolute Gasteiger partial charge is 0.456 e. The lowest BCUT2D eigenvalue weighted by Crippen LogP contribution is -2.45. The van der Waals surface area contributed by atoms with Crippen LogP contribution < -0.4 is 0 Å². The molecule has 0 amide bonds. The Morgan fingerprint density at radius 3 is 2.12 bits per heavy atom. The van der Waals surface area contributed by atoms with Crippen LogP contribution in [-0.2, 0) is 18.4 Å². The van der Waals surface area contributed by atoms with Crippen LogP contribution in [0.1, 0.15) is 19.3 Å². The summed E-state index contributed by atoms with van der Waals surface area (Å²) in [4.78, 5) is 11.3. The summed E-state index contributed by atoms with van der Waals surface area (Å²) in [5.74, 6) is -0.644. The van der Waals surface area contributed by atoms with Gasteiger partial charge in [-0.05, 0) is 64.1 Å². The first-order chi connectivity index (χ1) is 10.9. The number of hydrogen-bond acceptors (Lipinski definition) is 5. The summed E-state index contributed by atoms with van der Waals surface area (Å²) in [7, 11) is -2.91. The molecule has 1 aliphatic rings. The molecule has 0 saturated heterocycles. The Kier molecular flexibility index (Phi) is 8.08. The third-order valence-corrected chi connectivity index (χ3v) is 7.30. The van der Waals surface area contributed by atoms with E-state index in [1.165, 1.54) is 0 Å². The fraction of sp³-hybridized carbons (Fsp3) is 0.812. The molecule has 24 heavy (non-hydrogen) atoms. The topological polar surface area (TPSA) is 65.0 Å². The monoisotopic (exact) mass is 388 g/mol. The van der Waals surface area contributed by atoms with Crippen molar-refractivity contribution in [2.24, 2.45) is 0 Å². The molecular formula is C16H32O5Si3. The van der Waals surface area contributed by atoms with Crippen LogP contribution in [0.4, 0.5) is 0 Å². The summed E-state index contributed by atoms with van der Waals surface area (Å²) in [6.45, 7) is 16.4. The van der Waals surface area contributed by atoms with E-state index in [1.807, 2.05) is 0 Å². The number of carbonyl (C=O) groups excluding carboxylic acids is 1. The zero-order valence-corrected chi connectivity index (χ0v) is 18.8. The van der Waals surface area contributed by atoms with Gasteiger partial charge in [0.25, 0.3) is 0 Å². The Bertz CT molecular complexity index is 414. The van der Waals surface area contributed by atoms with E-state index in [2.05, 4.69) is 45.9 Å². The van der Waals surface area contributed by atoms with E-state index >= 15 is 0 Å². The summed E-state index contributed by atoms with van der Waals surface area (Å²) in [5.41, 5.74) is 0.344. The summed E-state index contributed by atoms with van der Waals surface area (Å²) in [5, 5.41) is 10.3. The van der Waals surface area contributed by atoms with Crippen LogP contribution in [0.25, 0.3) is 0 Å². The van der Waals surface area contributed by atoms with Crippen molar-refractivity contribution in [2.75, 3.05) is 0 Å². The Labute approximate surface area is 150 Å². The lowest BCUT2D eigenvalue weighted by atomic mass is 9.94. The highest BCUT2D eigenvalue weighted by Gasteiger charge is 2.35. The number of hydrogen-bond donors (Lipinski definition) is 1. The summed E-state index contributed by atoms with van der Waals surface area (Å²) in [6.07, 6.45) is 2.29. The van der Waals surface area contributed by atoms with Gasteiger partial charge in [-0.15, -0.1) is 0 Å². The van der Waals surface area contributed by atoms with Crippen molar-refractivity contribution in [1.29, 1.82) is 0 Å². The first-order valence-corrected chi connectivity index (χ1v) is 16.5. The third kappa shape index (κ3) is 8.72. The van der Waals surface area contributed by atoms with Gasteiger partial charge in [-0.1, -0.05) is 6.58 Å². The molecule has 1 aliphatic carbocycles. The Morgan fingerprint density at radius 1 is 1.17 bits per heavy atom. The van der Waals surface area contributed by atoms with Crippen molar-refractivity contribution in [3.8, 4) is 0 Å². The predicted octanol–water partition coefficient (Wildman–Crippen LogP) is 3.11. The van der Waals surface area contributed by atoms with Crippen LogP contribution in [0.2, 0.25) is 44.8 Å². The lowest BCUT2D eigenvalue weighted by molar-refractivity contribution is -0.151. The van der Waals surface area contributed by atoms with Gasteiger partial charge in [0.2, 0.25) is 0 Å². The third-order valence-electron chi connectivity index (χ3n) is 3.48. The number of ether oxygens (including phenoxy) is 1. The molecule has 1 rings (SSSR count). The minimum absolute atomic E-state index is 0.173. The van der Waals surface area contributed by atoms with Crippen molar-refractivity contribution in [2.45, 2.75) is 82.2 Å². The van der Waals surface area contributed by atoms with E-state index in [4.69, 9.17) is 13.6 Å². The van der Waals surface area contributed by atoms with E-state index in [-0.39, 0.29) is 5.91 Å². The van der Waals surface area contributed by atoms with Crippen LogP contribution >= 0.6 is 0 Å². The SMILES string of the molecule is C=CC(=O)OC1CCC([Si]C(O[Si](C)(C)C)O[Si](C)(C)C)CC1O. The standard InChI is InChI=1S/C16H32O5Si3/c1-8-15(18)19-14-10-9-12(11-13(14)17)22-16(20-23(2,3)4)21-24(5,6)7/h8,12-14,16-17H,1,9-11H2,2-7H3. The van der Waals surface area contributed by atoms with Gasteiger partial charge in [0.1, 0.15) is 21.5 Å². The molecule has 1 saturated carbocycles. The molecule has 0 bridgehead atoms. The van der Waals surface area contributed by atoms with Gasteiger partial charge < -0.3 is 18.7 Å². The highest BCUT2D eigenvalue weighted by molar-refractivity contribution is 6.71. The molecule has 0 aromatic heterocycles. The maximum Gasteiger partial charge on any atom is 0.330 e. The number of rotatable bonds is 8. The van der Waals surface area contributed by atoms with Crippen molar-refractivity contribution < 1.29 is 23.5 Å². The minimum atomic E-state index is -1.70. The predicted molar refractivity (Wildman–Crippen MR) is 102 cm³/mol. The zero-order valence-electron chi connectivity index (χ0n) is 15.8. The van der Waals surface area contributed by atoms with Crippen molar-refractivity contribution >= 4 is 32.1 Å². The molecule has 2 radical (unpaired) electrons. The molecule has 0 aliphatic heterocycles. The van der Waals surface area contributed by atoms with Crippen molar-refractivity contribution in [1.82, 2.24) is 0 Å². The molecule has 0 aromatic carbocycles. The van der Waals surface area contributed by atoms with Crippen LogP contribution in [0, 0.1) is 0 Å². The Balaban J connectivity index is 2.62. The average Bonchev–Trinajstić information content (AvgIpc) is 2.37. The molecular weight excluding hydrogens is 356 g/mol. The molecule has 0 heterocycles. The maximum atomic E-state index is 11.3. The second kappa shape index (κ2) is 8.91. The fourth-order valence-corrected chi connectivity index (χ4v) is 7.77. The van der Waals surface area contributed by atoms with E-state index in [1.54, 1.807) is 0 Å². The van der Waals surface area contributed by atoms with E-state index in [0.29, 0.717) is 27.9 Å². The number of aliphatic hydroxyl groups is 1. The Morgan fingerprint density at radius 2 is 1.71 bits per heavy atom. The molecule has 0 aromatic rings. The minimum Gasteiger partial charge on any atom is -0.456 e. The number of aliphatic hydroxyl groups excluding tert-OH is 1. The fourth-order valence-electron chi connectivity index (χ4n) is 2.53. The van der Waals surface area contributed by atoms with Gasteiger partial charge in [0.05, 0.1) is 6.10 Å². The van der Waals surface area contributed by atoms with Crippen LogP contribution in [0.3, 0.4) is 0 Å². The molecule has 3 atom stereocenters. The van der Waals surface area contributed by atoms with E-state index in [0.717, 1.165) is 12.5 Å². The number of carbonyl (C=O) groups is 1. The molecule has 1 N–H and O–H groups in total. The van der Waals surface area contributed by atoms with Gasteiger partial charge in [-0.3, -0.25) is 0 Å². The second-order valence-corrected chi connectivity index (χ2v) is 18.8. The summed E-state index contributed by atoms with van der Waals surface area (Å²) >= 11 is 0. The van der Waals surface area contributed by atoms with Gasteiger partial charge in [0.15, 0.2) is 16.6 Å². The van der Waals surface area contributed by atoms with Crippen molar-refractivity contribution in [3.05, 3.63) is 12.7 Å². The molecule has 0 spiro atoms. The van der Waals surface area contributed by atoms with Crippen LogP contribution in [-0.4, -0.2) is 55.4 Å². The first-order valence-electron chi connectivity index (χ1n) is 8.52. The van der Waals surface area contributed by atoms with Crippen LogP contribution in [0.5, 0.6) is 0 Å². The molecule has 8 heteroatoms. The zero-order chi connectivity index (χ0) is 18.5. The molecule has 3 unspecified atom stereocenters. The molecule has 138 valence electrons. The second-order valence-electron chi connectivity index (χ2n) is 8.22. The summed E-state index contributed by atoms with van der Waals surface area (Å²) < 4.78 is 17.7. The number of esters is 1. The van der Waals surface area contributed by atoms with E-state index < -0.39 is 34.8 Å². The van der Waals surface area contributed by atoms with Gasteiger partial charge in [-0.25, -0.2) is 4.79 Å². The van der Waals surface area contributed by atoms with Gasteiger partial charge in [0, 0.05) is 6.08 Å². The molecule has 1 fully saturated rings. The van der Waals surface area contributed by atoms with Crippen LogP contribution in [0.15, 0.2) is 12.7 Å². The van der Waals surface area contributed by atoms with Gasteiger partial charge >= 0.3 is 5.97 Å².